The van der Waals surface area contributed by atoms with E-state index in [4.69, 9.17) is 0 Å². The number of hydrogen-bond acceptors (Lipinski definition) is 2. The van der Waals surface area contributed by atoms with Crippen molar-refractivity contribution < 1.29 is 22.0 Å². The average Bonchev–Trinajstić information content (AvgIpc) is 2.96. The van der Waals surface area contributed by atoms with Crippen molar-refractivity contribution in [3.63, 3.8) is 0 Å². The Hall–Kier alpha value is -3.24. The van der Waals surface area contributed by atoms with E-state index in [2.05, 4.69) is 78.3 Å². The summed E-state index contributed by atoms with van der Waals surface area (Å²) in [7, 11) is 0. The fourth-order valence-corrected chi connectivity index (χ4v) is 7.56. The van der Waals surface area contributed by atoms with Gasteiger partial charge in [0.25, 0.3) is 0 Å². The highest BCUT2D eigenvalue weighted by atomic mass is 35.5. The molecule has 8 rings (SSSR count). The summed E-state index contributed by atoms with van der Waals surface area (Å²) in [5, 5.41) is 18.4. The molecule has 3 nitrogen and oxygen atoms in total. The molecule has 4 aromatic carbocycles. The summed E-state index contributed by atoms with van der Waals surface area (Å²) in [6.45, 7) is 7.28. The topological polar surface area (TPSA) is 33.1 Å². The molecule has 5 aromatic rings. The molecular weight excluding hydrogens is 488 g/mol. The Kier molecular flexibility index (Phi) is 6.47. The number of nitrogens with zero attached hydrogens (tertiary/aromatic N) is 2. The van der Waals surface area contributed by atoms with Crippen LogP contribution in [0.4, 0.5) is 0 Å². The van der Waals surface area contributed by atoms with E-state index in [9.17, 15) is 5.11 Å². The Morgan fingerprint density at radius 3 is 2.29 bits per heavy atom. The van der Waals surface area contributed by atoms with Gasteiger partial charge in [0.15, 0.2) is 0 Å². The molecule has 1 N–H and O–H groups in total. The van der Waals surface area contributed by atoms with E-state index in [0.29, 0.717) is 11.8 Å². The van der Waals surface area contributed by atoms with Gasteiger partial charge in [0, 0.05) is 35.9 Å². The molecule has 1 aromatic heterocycles. The van der Waals surface area contributed by atoms with Crippen LogP contribution in [0.1, 0.15) is 30.1 Å². The molecule has 4 heterocycles. The lowest BCUT2D eigenvalue weighted by molar-refractivity contribution is -0.984. The van der Waals surface area contributed by atoms with Gasteiger partial charge in [0.1, 0.15) is 18.7 Å². The maximum absolute atomic E-state index is 12.1. The summed E-state index contributed by atoms with van der Waals surface area (Å²) in [6, 6.07) is 30.3. The van der Waals surface area contributed by atoms with Crippen molar-refractivity contribution in [2.45, 2.75) is 31.5 Å². The number of aliphatic hydroxyl groups excluding tert-OH is 1. The Balaban J connectivity index is 0.00000264. The molecule has 2 bridgehead atoms. The van der Waals surface area contributed by atoms with Crippen LogP contribution >= 0.6 is 0 Å². The molecule has 0 aliphatic carbocycles. The van der Waals surface area contributed by atoms with Crippen molar-refractivity contribution in [1.29, 1.82) is 0 Å². The van der Waals surface area contributed by atoms with Crippen LogP contribution in [0.5, 0.6) is 0 Å². The maximum atomic E-state index is 12.1. The molecule has 3 aliphatic heterocycles. The Bertz CT molecular complexity index is 1590. The van der Waals surface area contributed by atoms with E-state index >= 15 is 0 Å². The van der Waals surface area contributed by atoms with Gasteiger partial charge in [-0.15, -0.1) is 6.58 Å². The number of fused-ring (bicyclic) bond motifs is 6. The quantitative estimate of drug-likeness (QED) is 0.214. The van der Waals surface area contributed by atoms with Crippen LogP contribution in [-0.2, 0) is 6.54 Å². The molecule has 38 heavy (non-hydrogen) atoms. The summed E-state index contributed by atoms with van der Waals surface area (Å²) in [4.78, 5) is 4.57. The highest BCUT2D eigenvalue weighted by Gasteiger charge is 2.54. The van der Waals surface area contributed by atoms with Crippen molar-refractivity contribution >= 4 is 32.4 Å². The number of aliphatic hydroxyl groups is 1. The molecule has 1 unspecified atom stereocenters. The maximum Gasteiger partial charge on any atom is 0.131 e. The van der Waals surface area contributed by atoms with Gasteiger partial charge < -0.3 is 22.0 Å². The molecule has 192 valence electrons. The van der Waals surface area contributed by atoms with Gasteiger partial charge in [0.05, 0.1) is 18.6 Å². The minimum atomic E-state index is -0.539. The molecule has 0 spiro atoms. The molecule has 0 radical (unpaired) electrons. The van der Waals surface area contributed by atoms with E-state index in [1.165, 1.54) is 33.5 Å². The number of para-hydroxylation sites is 1. The first-order chi connectivity index (χ1) is 18.2. The number of piperidine rings is 3. The number of pyridine rings is 1. The number of quaternary nitrogens is 1. The molecule has 4 heteroatoms. The summed E-state index contributed by atoms with van der Waals surface area (Å²) in [6.07, 6.45) is 5.72. The van der Waals surface area contributed by atoms with Crippen LogP contribution in [0.2, 0.25) is 0 Å². The van der Waals surface area contributed by atoms with Crippen molar-refractivity contribution in [2.75, 3.05) is 13.1 Å². The number of aromatic nitrogens is 1. The summed E-state index contributed by atoms with van der Waals surface area (Å²) in [5.41, 5.74) is 3.37. The van der Waals surface area contributed by atoms with Crippen LogP contribution in [0.15, 0.2) is 104 Å². The lowest BCUT2D eigenvalue weighted by Crippen LogP contribution is -3.00. The third-order valence-corrected chi connectivity index (χ3v) is 9.40. The highest BCUT2D eigenvalue weighted by molar-refractivity contribution is 6.02. The summed E-state index contributed by atoms with van der Waals surface area (Å²) in [5.74, 6) is 1.09. The van der Waals surface area contributed by atoms with E-state index in [-0.39, 0.29) is 18.4 Å². The summed E-state index contributed by atoms with van der Waals surface area (Å²) < 4.78 is 0.906. The zero-order chi connectivity index (χ0) is 25.0. The normalized spacial score (nSPS) is 25.3. The second-order valence-electron chi connectivity index (χ2n) is 11.2. The van der Waals surface area contributed by atoms with Crippen molar-refractivity contribution in [2.24, 2.45) is 11.8 Å². The van der Waals surface area contributed by atoms with Crippen molar-refractivity contribution in [3.8, 4) is 0 Å². The molecule has 3 fully saturated rings. The molecular formula is C34H33ClN2O. The predicted octanol–water partition coefficient (Wildman–Crippen LogP) is 4.19. The van der Waals surface area contributed by atoms with E-state index < -0.39 is 6.10 Å². The predicted molar refractivity (Wildman–Crippen MR) is 152 cm³/mol. The zero-order valence-electron chi connectivity index (χ0n) is 21.5. The SMILES string of the molecule is C=C[C@H]1C[N+]2(Cc3c4ccccc4cc4ccccc34)CC[C@H]1C[C@@H]2[C@@H](O)c1ccnc2ccccc12.[Cl-]. The molecule has 0 saturated carbocycles. The average molecular weight is 521 g/mol. The van der Waals surface area contributed by atoms with Crippen LogP contribution < -0.4 is 12.4 Å². The highest BCUT2D eigenvalue weighted by Crippen LogP contribution is 2.49. The third kappa shape index (κ3) is 3.92. The van der Waals surface area contributed by atoms with Gasteiger partial charge in [-0.25, -0.2) is 0 Å². The van der Waals surface area contributed by atoms with E-state index in [1.807, 2.05) is 30.5 Å². The first-order valence-electron chi connectivity index (χ1n) is 13.6. The Labute approximate surface area is 230 Å². The number of hydrogen-bond donors (Lipinski definition) is 1. The molecule has 3 aliphatic rings. The molecule has 3 saturated heterocycles. The van der Waals surface area contributed by atoms with Crippen molar-refractivity contribution in [1.82, 2.24) is 4.98 Å². The second kappa shape index (κ2) is 9.81. The first-order valence-corrected chi connectivity index (χ1v) is 13.6. The van der Waals surface area contributed by atoms with Crippen molar-refractivity contribution in [3.05, 3.63) is 115 Å². The molecule has 5 atom stereocenters. The fourth-order valence-electron chi connectivity index (χ4n) is 7.56. The Morgan fingerprint density at radius 1 is 0.921 bits per heavy atom. The lowest BCUT2D eigenvalue weighted by Gasteiger charge is -2.58. The van der Waals surface area contributed by atoms with Gasteiger partial charge in [0.2, 0.25) is 0 Å². The van der Waals surface area contributed by atoms with Crippen LogP contribution in [0, 0.1) is 11.8 Å². The minimum absolute atomic E-state index is 0. The minimum Gasteiger partial charge on any atom is -1.00 e. The van der Waals surface area contributed by atoms with Crippen LogP contribution in [0.3, 0.4) is 0 Å². The third-order valence-electron chi connectivity index (χ3n) is 9.40. The second-order valence-corrected chi connectivity index (χ2v) is 11.2. The Morgan fingerprint density at radius 2 is 1.58 bits per heavy atom. The van der Waals surface area contributed by atoms with Gasteiger partial charge >= 0.3 is 0 Å². The summed E-state index contributed by atoms with van der Waals surface area (Å²) >= 11 is 0. The molecule has 0 amide bonds. The first kappa shape index (κ1) is 25.1. The zero-order valence-corrected chi connectivity index (χ0v) is 22.3. The van der Waals surface area contributed by atoms with Gasteiger partial charge in [-0.1, -0.05) is 72.8 Å². The lowest BCUT2D eigenvalue weighted by atomic mass is 9.71. The number of halogens is 1. The van der Waals surface area contributed by atoms with Gasteiger partial charge in [-0.3, -0.25) is 4.98 Å². The monoisotopic (exact) mass is 520 g/mol. The van der Waals surface area contributed by atoms with E-state index in [0.717, 1.165) is 47.0 Å². The largest absolute Gasteiger partial charge is 1.00 e. The van der Waals surface area contributed by atoms with Crippen LogP contribution in [-0.4, -0.2) is 33.7 Å². The van der Waals surface area contributed by atoms with Gasteiger partial charge in [-0.2, -0.15) is 0 Å². The fraction of sp³-hybridized carbons (Fsp3) is 0.265. The number of benzene rings is 4. The standard InChI is InChI=1S/C34H33N2O.ClH/c1-2-23-21-36(22-31-27-11-5-3-9-25(27)19-26-10-4-6-12-28(26)31)18-16-24(23)20-33(36)34(37)30-15-17-35-32-14-8-7-13-29(30)32;/h2-15,17,19,23-24,33-34,37H,1,16,18,20-22H2;1H/q+1;/p-1/t23-,24-,33+,34-,36?;/m0./s1. The van der Waals surface area contributed by atoms with Crippen LogP contribution in [0.25, 0.3) is 32.4 Å². The smallest absolute Gasteiger partial charge is 0.131 e. The number of rotatable bonds is 5. The van der Waals surface area contributed by atoms with Gasteiger partial charge in [-0.05, 0) is 51.2 Å². The van der Waals surface area contributed by atoms with E-state index in [1.54, 1.807) is 0 Å².